The molecule has 2 heterocycles. The quantitative estimate of drug-likeness (QED) is 0.845. The Morgan fingerprint density at radius 3 is 3.05 bits per heavy atom. The molecule has 0 atom stereocenters. The lowest BCUT2D eigenvalue weighted by Crippen LogP contribution is -2.07. The molecule has 0 saturated carbocycles. The van der Waals surface area contributed by atoms with Crippen LogP contribution in [0.25, 0.3) is 5.57 Å². The summed E-state index contributed by atoms with van der Waals surface area (Å²) in [5.74, 6) is 1.38. The van der Waals surface area contributed by atoms with Crippen molar-refractivity contribution in [3.05, 3.63) is 41.1 Å². The summed E-state index contributed by atoms with van der Waals surface area (Å²) in [6, 6.07) is 2.19. The highest BCUT2D eigenvalue weighted by Gasteiger charge is 2.21. The van der Waals surface area contributed by atoms with Gasteiger partial charge >= 0.3 is 0 Å². The Kier molecular flexibility index (Phi) is 3.85. The molecule has 2 aromatic rings. The first-order valence-corrected chi connectivity index (χ1v) is 7.05. The molecule has 0 amide bonds. The Labute approximate surface area is 127 Å². The standard InChI is InChI=1S/C15H16N6O/c1-17-15-14-11(7-16)2-3-12(14)19-13(20-15)6-10-8-18-21(9-10)4-5-22/h2,8-9,22H,3-6H2,1H3,(H,17,19,20). The van der Waals surface area contributed by atoms with Crippen molar-refractivity contribution in [2.24, 2.45) is 0 Å². The van der Waals surface area contributed by atoms with Crippen LogP contribution in [-0.4, -0.2) is 38.5 Å². The van der Waals surface area contributed by atoms with Crippen molar-refractivity contribution in [2.75, 3.05) is 19.0 Å². The molecule has 0 fully saturated rings. The number of nitrogens with one attached hydrogen (secondary N) is 1. The molecule has 1 aliphatic rings. The summed E-state index contributed by atoms with van der Waals surface area (Å²) >= 11 is 0. The summed E-state index contributed by atoms with van der Waals surface area (Å²) in [6.07, 6.45) is 6.74. The van der Waals surface area contributed by atoms with Crippen molar-refractivity contribution in [1.82, 2.24) is 19.7 Å². The van der Waals surface area contributed by atoms with Gasteiger partial charge in [-0.25, -0.2) is 9.97 Å². The molecule has 0 unspecified atom stereocenters. The van der Waals surface area contributed by atoms with Gasteiger partial charge in [0, 0.05) is 26.1 Å². The van der Waals surface area contributed by atoms with E-state index in [2.05, 4.69) is 26.5 Å². The van der Waals surface area contributed by atoms with Crippen LogP contribution in [0, 0.1) is 11.3 Å². The fourth-order valence-electron chi connectivity index (χ4n) is 2.56. The molecule has 0 radical (unpaired) electrons. The highest BCUT2D eigenvalue weighted by atomic mass is 16.3. The number of allylic oxidation sites excluding steroid dienone is 2. The number of hydrogen-bond acceptors (Lipinski definition) is 6. The van der Waals surface area contributed by atoms with Gasteiger partial charge in [-0.05, 0) is 5.56 Å². The van der Waals surface area contributed by atoms with Gasteiger partial charge in [0.25, 0.3) is 0 Å². The van der Waals surface area contributed by atoms with E-state index in [-0.39, 0.29) is 6.61 Å². The van der Waals surface area contributed by atoms with Gasteiger partial charge in [-0.3, -0.25) is 4.68 Å². The summed E-state index contributed by atoms with van der Waals surface area (Å²) in [6.45, 7) is 0.533. The number of nitrogens with zero attached hydrogens (tertiary/aromatic N) is 5. The van der Waals surface area contributed by atoms with Gasteiger partial charge in [0.05, 0.1) is 42.2 Å². The van der Waals surface area contributed by atoms with E-state index in [0.29, 0.717) is 36.6 Å². The highest BCUT2D eigenvalue weighted by molar-refractivity contribution is 5.86. The van der Waals surface area contributed by atoms with Crippen LogP contribution in [-0.2, 0) is 19.4 Å². The van der Waals surface area contributed by atoms with Gasteiger partial charge in [0.1, 0.15) is 11.6 Å². The maximum Gasteiger partial charge on any atom is 0.138 e. The van der Waals surface area contributed by atoms with Crippen molar-refractivity contribution < 1.29 is 5.11 Å². The zero-order chi connectivity index (χ0) is 15.5. The van der Waals surface area contributed by atoms with Gasteiger partial charge in [-0.2, -0.15) is 10.4 Å². The van der Waals surface area contributed by atoms with Gasteiger partial charge in [0.15, 0.2) is 0 Å². The molecule has 0 aliphatic heterocycles. The van der Waals surface area contributed by atoms with E-state index in [1.54, 1.807) is 17.9 Å². The predicted octanol–water partition coefficient (Wildman–Crippen LogP) is 0.761. The third-order valence-electron chi connectivity index (χ3n) is 3.53. The Bertz CT molecular complexity index is 771. The number of aromatic nitrogens is 4. The topological polar surface area (TPSA) is 99.7 Å². The first kappa shape index (κ1) is 14.2. The monoisotopic (exact) mass is 296 g/mol. The van der Waals surface area contributed by atoms with Crippen LogP contribution in [0.15, 0.2) is 18.5 Å². The number of fused-ring (bicyclic) bond motifs is 1. The minimum atomic E-state index is 0.0585. The number of aliphatic hydroxyl groups is 1. The molecule has 0 aromatic carbocycles. The third kappa shape index (κ3) is 2.56. The number of rotatable bonds is 5. The maximum atomic E-state index is 9.16. The largest absolute Gasteiger partial charge is 0.394 e. The van der Waals surface area contributed by atoms with E-state index < -0.39 is 0 Å². The average Bonchev–Trinajstić information content (AvgIpc) is 3.13. The first-order chi connectivity index (χ1) is 10.7. The lowest BCUT2D eigenvalue weighted by molar-refractivity contribution is 0.269. The SMILES string of the molecule is CNc1nc(Cc2cnn(CCO)c2)nc2c1C(C#N)=CC2. The zero-order valence-electron chi connectivity index (χ0n) is 12.2. The maximum absolute atomic E-state index is 9.16. The van der Waals surface area contributed by atoms with E-state index in [4.69, 9.17) is 10.4 Å². The lowest BCUT2D eigenvalue weighted by atomic mass is 10.1. The van der Waals surface area contributed by atoms with E-state index in [9.17, 15) is 0 Å². The van der Waals surface area contributed by atoms with Crippen molar-refractivity contribution in [2.45, 2.75) is 19.4 Å². The van der Waals surface area contributed by atoms with Gasteiger partial charge < -0.3 is 10.4 Å². The first-order valence-electron chi connectivity index (χ1n) is 7.05. The third-order valence-corrected chi connectivity index (χ3v) is 3.53. The van der Waals surface area contributed by atoms with Gasteiger partial charge in [0.2, 0.25) is 0 Å². The average molecular weight is 296 g/mol. The number of anilines is 1. The Morgan fingerprint density at radius 1 is 1.45 bits per heavy atom. The minimum Gasteiger partial charge on any atom is -0.394 e. The summed E-state index contributed by atoms with van der Waals surface area (Å²) in [7, 11) is 1.79. The van der Waals surface area contributed by atoms with Crippen LogP contribution in [0.1, 0.15) is 22.6 Å². The van der Waals surface area contributed by atoms with Gasteiger partial charge in [-0.15, -0.1) is 0 Å². The zero-order valence-corrected chi connectivity index (χ0v) is 12.2. The number of nitriles is 1. The van der Waals surface area contributed by atoms with Crippen molar-refractivity contribution in [3.8, 4) is 6.07 Å². The fourth-order valence-corrected chi connectivity index (χ4v) is 2.56. The number of aliphatic hydroxyl groups excluding tert-OH is 1. The van der Waals surface area contributed by atoms with E-state index >= 15 is 0 Å². The van der Waals surface area contributed by atoms with Crippen LogP contribution in [0.2, 0.25) is 0 Å². The molecule has 0 saturated heterocycles. The van der Waals surface area contributed by atoms with Crippen LogP contribution >= 0.6 is 0 Å². The molecule has 3 rings (SSSR count). The summed E-state index contributed by atoms with van der Waals surface area (Å²) in [4.78, 5) is 9.08. The summed E-state index contributed by atoms with van der Waals surface area (Å²) < 4.78 is 1.69. The predicted molar refractivity (Wildman–Crippen MR) is 81.0 cm³/mol. The Morgan fingerprint density at radius 2 is 2.32 bits per heavy atom. The smallest absolute Gasteiger partial charge is 0.138 e. The molecule has 1 aliphatic carbocycles. The van der Waals surface area contributed by atoms with Crippen LogP contribution in [0.4, 0.5) is 5.82 Å². The van der Waals surface area contributed by atoms with Crippen molar-refractivity contribution >= 4 is 11.4 Å². The molecule has 7 nitrogen and oxygen atoms in total. The number of hydrogen-bond donors (Lipinski definition) is 2. The van der Waals surface area contributed by atoms with E-state index in [1.807, 2.05) is 12.3 Å². The second kappa shape index (κ2) is 5.95. The van der Waals surface area contributed by atoms with E-state index in [0.717, 1.165) is 16.8 Å². The minimum absolute atomic E-state index is 0.0585. The lowest BCUT2D eigenvalue weighted by Gasteiger charge is -2.09. The van der Waals surface area contributed by atoms with Crippen molar-refractivity contribution in [1.29, 1.82) is 5.26 Å². The molecular weight excluding hydrogens is 280 g/mol. The Balaban J connectivity index is 1.88. The molecule has 0 bridgehead atoms. The second-order valence-electron chi connectivity index (χ2n) is 5.01. The molecule has 112 valence electrons. The summed E-state index contributed by atoms with van der Waals surface area (Å²) in [5.41, 5.74) is 3.31. The van der Waals surface area contributed by atoms with Crippen molar-refractivity contribution in [3.63, 3.8) is 0 Å². The second-order valence-corrected chi connectivity index (χ2v) is 5.01. The van der Waals surface area contributed by atoms with E-state index in [1.165, 1.54) is 0 Å². The molecule has 7 heteroatoms. The normalized spacial score (nSPS) is 12.7. The van der Waals surface area contributed by atoms with Crippen LogP contribution < -0.4 is 5.32 Å². The van der Waals surface area contributed by atoms with Crippen LogP contribution in [0.3, 0.4) is 0 Å². The molecule has 0 spiro atoms. The molecule has 2 N–H and O–H groups in total. The fraction of sp³-hybridized carbons (Fsp3) is 0.333. The molecular formula is C15H16N6O. The molecule has 2 aromatic heterocycles. The van der Waals surface area contributed by atoms with Gasteiger partial charge in [-0.1, -0.05) is 6.08 Å². The molecule has 22 heavy (non-hydrogen) atoms. The van der Waals surface area contributed by atoms with Crippen LogP contribution in [0.5, 0.6) is 0 Å². The summed E-state index contributed by atoms with van der Waals surface area (Å²) in [5, 5.41) is 25.3. The highest BCUT2D eigenvalue weighted by Crippen LogP contribution is 2.31. The Hall–Kier alpha value is -2.72.